The van der Waals surface area contributed by atoms with Crippen LogP contribution in [0, 0.1) is 16.7 Å². The molecule has 2 aliphatic rings. The molecule has 0 unspecified atom stereocenters. The lowest BCUT2D eigenvalue weighted by molar-refractivity contribution is -0.212. The Morgan fingerprint density at radius 2 is 2.04 bits per heavy atom. The molecule has 3 rings (SSSR count). The summed E-state index contributed by atoms with van der Waals surface area (Å²) in [6.07, 6.45) is 2.67. The molecule has 0 bridgehead atoms. The average molecular weight is 345 g/mol. The number of anilines is 1. The van der Waals surface area contributed by atoms with Crippen molar-refractivity contribution in [3.8, 4) is 11.9 Å². The van der Waals surface area contributed by atoms with E-state index >= 15 is 0 Å². The Balaban J connectivity index is 2.09. The van der Waals surface area contributed by atoms with Crippen molar-refractivity contribution < 1.29 is 19.3 Å². The number of carbonyl (C=O) groups is 1. The quantitative estimate of drug-likeness (QED) is 0.613. The molecule has 1 aromatic rings. The number of hydrogen-bond donors (Lipinski definition) is 0. The zero-order chi connectivity index (χ0) is 18.0. The molecule has 0 atom stereocenters. The normalized spacial score (nSPS) is 18.9. The highest BCUT2D eigenvalue weighted by Crippen LogP contribution is 2.42. The van der Waals surface area contributed by atoms with E-state index in [9.17, 15) is 10.1 Å². The number of aromatic nitrogens is 1. The lowest BCUT2D eigenvalue weighted by Gasteiger charge is -2.36. The van der Waals surface area contributed by atoms with E-state index in [1.54, 1.807) is 0 Å². The smallest absolute Gasteiger partial charge is 0.352 e. The molecule has 0 spiro atoms. The van der Waals surface area contributed by atoms with E-state index in [2.05, 4.69) is 34.7 Å². The van der Waals surface area contributed by atoms with Crippen LogP contribution < -0.4 is 9.79 Å². The minimum atomic E-state index is -0.586. The fourth-order valence-corrected chi connectivity index (χ4v) is 3.43. The number of fused-ring (bicyclic) bond motifs is 1. The highest BCUT2D eigenvalue weighted by molar-refractivity contribution is 5.66. The van der Waals surface area contributed by atoms with E-state index in [0.717, 1.165) is 49.3 Å². The molecule has 25 heavy (non-hydrogen) atoms. The molecule has 7 heteroatoms. The number of carbonyl (C=O) groups excluding carboxylic acids is 1. The summed E-state index contributed by atoms with van der Waals surface area (Å²) in [5, 5.41) is 9.67. The molecule has 0 radical (unpaired) electrons. The first-order valence-electron chi connectivity index (χ1n) is 8.55. The van der Waals surface area contributed by atoms with Crippen LogP contribution >= 0.6 is 0 Å². The summed E-state index contributed by atoms with van der Waals surface area (Å²) < 4.78 is 5.43. The molecule has 1 aromatic heterocycles. The van der Waals surface area contributed by atoms with Crippen LogP contribution in [0.25, 0.3) is 0 Å². The minimum absolute atomic E-state index is 0.0654. The summed E-state index contributed by atoms with van der Waals surface area (Å²) in [5.74, 6) is 0.294. The predicted molar refractivity (Wildman–Crippen MR) is 90.2 cm³/mol. The van der Waals surface area contributed by atoms with Crippen LogP contribution in [0.1, 0.15) is 43.9 Å². The van der Waals surface area contributed by atoms with E-state index < -0.39 is 5.97 Å². The zero-order valence-electron chi connectivity index (χ0n) is 14.9. The molecule has 134 valence electrons. The second-order valence-electron chi connectivity index (χ2n) is 7.28. The number of rotatable bonds is 3. The average Bonchev–Trinajstić information content (AvgIpc) is 2.58. The Bertz CT molecular complexity index is 718. The van der Waals surface area contributed by atoms with Crippen molar-refractivity contribution in [1.82, 2.24) is 4.98 Å². The summed E-state index contributed by atoms with van der Waals surface area (Å²) >= 11 is 0. The van der Waals surface area contributed by atoms with Gasteiger partial charge >= 0.3 is 5.97 Å². The predicted octanol–water partition coefficient (Wildman–Crippen LogP) is 2.16. The molecule has 0 aromatic carbocycles. The van der Waals surface area contributed by atoms with Gasteiger partial charge in [0.25, 0.3) is 5.88 Å². The molecular formula is C18H23N3O4. The molecule has 7 nitrogen and oxygen atoms in total. The number of hydrogen-bond acceptors (Lipinski definition) is 7. The van der Waals surface area contributed by atoms with Crippen LogP contribution in [0.15, 0.2) is 0 Å². The Kier molecular flexibility index (Phi) is 4.82. The highest BCUT2D eigenvalue weighted by atomic mass is 17.2. The number of pyridine rings is 1. The van der Waals surface area contributed by atoms with Crippen molar-refractivity contribution in [2.75, 3.05) is 31.2 Å². The van der Waals surface area contributed by atoms with Gasteiger partial charge in [0.2, 0.25) is 0 Å². The molecule has 1 saturated heterocycles. The van der Waals surface area contributed by atoms with Crippen molar-refractivity contribution >= 4 is 11.8 Å². The lowest BCUT2D eigenvalue weighted by atomic mass is 9.73. The van der Waals surface area contributed by atoms with E-state index in [1.165, 1.54) is 6.92 Å². The van der Waals surface area contributed by atoms with E-state index in [0.29, 0.717) is 18.8 Å². The van der Waals surface area contributed by atoms with Gasteiger partial charge in [-0.05, 0) is 35.8 Å². The van der Waals surface area contributed by atoms with Crippen LogP contribution in [0.2, 0.25) is 0 Å². The number of morpholine rings is 1. The third kappa shape index (κ3) is 3.69. The number of ether oxygens (including phenoxy) is 1. The minimum Gasteiger partial charge on any atom is -0.378 e. The highest BCUT2D eigenvalue weighted by Gasteiger charge is 2.33. The molecule has 2 heterocycles. The van der Waals surface area contributed by atoms with Crippen molar-refractivity contribution in [2.45, 2.75) is 40.0 Å². The summed E-state index contributed by atoms with van der Waals surface area (Å²) in [6, 6.07) is 2.19. The monoisotopic (exact) mass is 345 g/mol. The van der Waals surface area contributed by atoms with Gasteiger partial charge in [-0.2, -0.15) is 10.2 Å². The Morgan fingerprint density at radius 1 is 1.32 bits per heavy atom. The summed E-state index contributed by atoms with van der Waals surface area (Å²) in [6.45, 7) is 8.39. The van der Waals surface area contributed by atoms with Gasteiger partial charge < -0.3 is 9.64 Å². The van der Waals surface area contributed by atoms with E-state index in [-0.39, 0.29) is 11.3 Å². The third-order valence-corrected chi connectivity index (χ3v) is 4.72. The van der Waals surface area contributed by atoms with Crippen molar-refractivity contribution in [2.24, 2.45) is 5.41 Å². The molecular weight excluding hydrogens is 322 g/mol. The van der Waals surface area contributed by atoms with E-state index in [4.69, 9.17) is 9.62 Å². The first-order valence-corrected chi connectivity index (χ1v) is 8.55. The topological polar surface area (TPSA) is 84.7 Å². The van der Waals surface area contributed by atoms with Crippen LogP contribution in [0.5, 0.6) is 5.88 Å². The zero-order valence-corrected chi connectivity index (χ0v) is 14.9. The van der Waals surface area contributed by atoms with Gasteiger partial charge in [-0.25, -0.2) is 9.68 Å². The first kappa shape index (κ1) is 17.5. The van der Waals surface area contributed by atoms with Crippen LogP contribution in [-0.4, -0.2) is 37.3 Å². The summed E-state index contributed by atoms with van der Waals surface area (Å²) in [7, 11) is 0. The van der Waals surface area contributed by atoms with Gasteiger partial charge in [0.15, 0.2) is 0 Å². The van der Waals surface area contributed by atoms with Crippen LogP contribution in [0.3, 0.4) is 0 Å². The van der Waals surface area contributed by atoms with Gasteiger partial charge in [-0.15, -0.1) is 0 Å². The molecule has 1 aliphatic carbocycles. The maximum Gasteiger partial charge on any atom is 0.352 e. The standard InChI is InChI=1S/C18H23N3O4/c1-12(22)24-25-17-15(11-19)14-10-18(2,3)5-4-13(14)16(20-17)21-6-8-23-9-7-21/h4-10H2,1-3H3. The SMILES string of the molecule is CC(=O)OOc1nc(N2CCOCC2)c2c(c1C#N)CC(C)(C)CC2. The fourth-order valence-electron chi connectivity index (χ4n) is 3.43. The van der Waals surface area contributed by atoms with Gasteiger partial charge in [0, 0.05) is 20.0 Å². The lowest BCUT2D eigenvalue weighted by Crippen LogP contribution is -2.38. The fraction of sp³-hybridized carbons (Fsp3) is 0.611. The molecule has 0 saturated carbocycles. The summed E-state index contributed by atoms with van der Waals surface area (Å²) in [5.41, 5.74) is 2.52. The Morgan fingerprint density at radius 3 is 2.68 bits per heavy atom. The Labute approximate surface area is 147 Å². The maximum atomic E-state index is 11.1. The van der Waals surface area contributed by atoms with Crippen molar-refractivity contribution in [1.29, 1.82) is 5.26 Å². The second-order valence-corrected chi connectivity index (χ2v) is 7.28. The molecule has 1 aliphatic heterocycles. The maximum absolute atomic E-state index is 11.1. The van der Waals surface area contributed by atoms with Gasteiger partial charge in [0.05, 0.1) is 13.2 Å². The number of nitriles is 1. The van der Waals surface area contributed by atoms with Crippen molar-refractivity contribution in [3.63, 3.8) is 0 Å². The first-order chi connectivity index (χ1) is 11.9. The van der Waals surface area contributed by atoms with E-state index in [1.807, 2.05) is 0 Å². The largest absolute Gasteiger partial charge is 0.378 e. The summed E-state index contributed by atoms with van der Waals surface area (Å²) in [4.78, 5) is 27.6. The number of nitrogens with zero attached hydrogens (tertiary/aromatic N) is 3. The van der Waals surface area contributed by atoms with Gasteiger partial charge in [0.1, 0.15) is 17.5 Å². The van der Waals surface area contributed by atoms with Crippen LogP contribution in [-0.2, 0) is 27.3 Å². The van der Waals surface area contributed by atoms with Crippen LogP contribution in [0.4, 0.5) is 5.82 Å². The van der Waals surface area contributed by atoms with Gasteiger partial charge in [-0.3, -0.25) is 4.89 Å². The molecule has 1 fully saturated rings. The van der Waals surface area contributed by atoms with Gasteiger partial charge in [-0.1, -0.05) is 13.8 Å². The van der Waals surface area contributed by atoms with Crippen molar-refractivity contribution in [3.05, 3.63) is 16.7 Å². The molecule has 0 amide bonds. The second kappa shape index (κ2) is 6.89. The molecule has 0 N–H and O–H groups in total. The third-order valence-electron chi connectivity index (χ3n) is 4.72. The Hall–Kier alpha value is -2.33.